The van der Waals surface area contributed by atoms with Crippen LogP contribution in [-0.4, -0.2) is 41.7 Å². The SMILES string of the molecule is Cc1ccccc1NC(=O)COC(=O)CCCN1C(=O)c2ccccc2C1=O. The maximum absolute atomic E-state index is 12.2. The molecule has 1 aliphatic heterocycles. The summed E-state index contributed by atoms with van der Waals surface area (Å²) in [4.78, 5) is 49.3. The Morgan fingerprint density at radius 3 is 2.21 bits per heavy atom. The normalized spacial score (nSPS) is 12.7. The fourth-order valence-corrected chi connectivity index (χ4v) is 2.94. The molecule has 0 unspecified atom stereocenters. The second-order valence-corrected chi connectivity index (χ2v) is 6.43. The van der Waals surface area contributed by atoms with Crippen LogP contribution in [0.3, 0.4) is 0 Å². The number of aryl methyl sites for hydroxylation is 1. The minimum atomic E-state index is -0.559. The lowest BCUT2D eigenvalue weighted by Gasteiger charge is -2.13. The molecule has 1 aliphatic rings. The minimum Gasteiger partial charge on any atom is -0.456 e. The molecule has 7 heteroatoms. The van der Waals surface area contributed by atoms with Gasteiger partial charge in [-0.3, -0.25) is 24.1 Å². The molecule has 0 atom stereocenters. The molecule has 144 valence electrons. The van der Waals surface area contributed by atoms with Gasteiger partial charge in [0.15, 0.2) is 6.61 Å². The molecule has 3 rings (SSSR count). The Kier molecular flexibility index (Phi) is 5.84. The summed E-state index contributed by atoms with van der Waals surface area (Å²) >= 11 is 0. The fraction of sp³-hybridized carbons (Fsp3) is 0.238. The standard InChI is InChI=1S/C21H20N2O5/c1-14-7-2-5-10-17(14)22-18(24)13-28-19(25)11-6-12-23-20(26)15-8-3-4-9-16(15)21(23)27/h2-5,7-10H,6,11-13H2,1H3,(H,22,24). The number of rotatable bonds is 7. The number of amides is 3. The van der Waals surface area contributed by atoms with E-state index in [-0.39, 0.29) is 37.8 Å². The Labute approximate surface area is 162 Å². The lowest BCUT2D eigenvalue weighted by molar-refractivity contribution is -0.147. The second-order valence-electron chi connectivity index (χ2n) is 6.43. The Morgan fingerprint density at radius 2 is 1.57 bits per heavy atom. The topological polar surface area (TPSA) is 92.8 Å². The van der Waals surface area contributed by atoms with Crippen LogP contribution in [0.15, 0.2) is 48.5 Å². The molecule has 0 aliphatic carbocycles. The van der Waals surface area contributed by atoms with E-state index in [0.29, 0.717) is 16.8 Å². The van der Waals surface area contributed by atoms with E-state index in [0.717, 1.165) is 10.5 Å². The number of fused-ring (bicyclic) bond motifs is 1. The van der Waals surface area contributed by atoms with E-state index in [4.69, 9.17) is 4.74 Å². The van der Waals surface area contributed by atoms with Gasteiger partial charge in [-0.2, -0.15) is 0 Å². The highest BCUT2D eigenvalue weighted by Crippen LogP contribution is 2.22. The van der Waals surface area contributed by atoms with Gasteiger partial charge in [0, 0.05) is 18.7 Å². The molecular weight excluding hydrogens is 360 g/mol. The zero-order valence-corrected chi connectivity index (χ0v) is 15.4. The number of ether oxygens (including phenoxy) is 1. The average molecular weight is 380 g/mol. The van der Waals surface area contributed by atoms with E-state index in [2.05, 4.69) is 5.32 Å². The van der Waals surface area contributed by atoms with E-state index >= 15 is 0 Å². The minimum absolute atomic E-state index is 0.00501. The molecule has 0 saturated carbocycles. The first-order chi connectivity index (χ1) is 13.5. The van der Waals surface area contributed by atoms with Crippen molar-refractivity contribution in [3.05, 3.63) is 65.2 Å². The lowest BCUT2D eigenvalue weighted by atomic mass is 10.1. The lowest BCUT2D eigenvalue weighted by Crippen LogP contribution is -2.31. The summed E-state index contributed by atoms with van der Waals surface area (Å²) in [6.45, 7) is 1.60. The molecule has 7 nitrogen and oxygen atoms in total. The van der Waals surface area contributed by atoms with Crippen LogP contribution in [0.5, 0.6) is 0 Å². The third kappa shape index (κ3) is 4.25. The van der Waals surface area contributed by atoms with E-state index in [1.807, 2.05) is 19.1 Å². The Bertz CT molecular complexity index is 903. The number of hydrogen-bond acceptors (Lipinski definition) is 5. The van der Waals surface area contributed by atoms with Gasteiger partial charge in [0.25, 0.3) is 17.7 Å². The summed E-state index contributed by atoms with van der Waals surface area (Å²) in [5.41, 5.74) is 2.32. The third-order valence-electron chi connectivity index (χ3n) is 4.42. The molecule has 28 heavy (non-hydrogen) atoms. The van der Waals surface area contributed by atoms with Crippen LogP contribution in [0.4, 0.5) is 5.69 Å². The molecule has 0 aromatic heterocycles. The molecule has 0 bridgehead atoms. The molecule has 2 aromatic carbocycles. The predicted octanol–water partition coefficient (Wildman–Crippen LogP) is 2.55. The summed E-state index contributed by atoms with van der Waals surface area (Å²) in [6, 6.07) is 13.9. The smallest absolute Gasteiger partial charge is 0.306 e. The van der Waals surface area contributed by atoms with Crippen molar-refractivity contribution in [3.63, 3.8) is 0 Å². The number of esters is 1. The van der Waals surface area contributed by atoms with Crippen LogP contribution in [0.1, 0.15) is 39.1 Å². The highest BCUT2D eigenvalue weighted by Gasteiger charge is 2.34. The van der Waals surface area contributed by atoms with E-state index < -0.39 is 11.9 Å². The van der Waals surface area contributed by atoms with Crippen LogP contribution in [0.2, 0.25) is 0 Å². The van der Waals surface area contributed by atoms with Gasteiger partial charge in [-0.15, -0.1) is 0 Å². The van der Waals surface area contributed by atoms with Gasteiger partial charge < -0.3 is 10.1 Å². The largest absolute Gasteiger partial charge is 0.456 e. The van der Waals surface area contributed by atoms with Gasteiger partial charge in [0.1, 0.15) is 0 Å². The Balaban J connectivity index is 1.41. The number of imide groups is 1. The van der Waals surface area contributed by atoms with Crippen LogP contribution in [0, 0.1) is 6.92 Å². The number of benzene rings is 2. The van der Waals surface area contributed by atoms with Crippen molar-refractivity contribution in [1.29, 1.82) is 0 Å². The van der Waals surface area contributed by atoms with Gasteiger partial charge in [0.2, 0.25) is 0 Å². The number of para-hydroxylation sites is 1. The fourth-order valence-electron chi connectivity index (χ4n) is 2.94. The number of carbonyl (C=O) groups is 4. The Morgan fingerprint density at radius 1 is 0.964 bits per heavy atom. The van der Waals surface area contributed by atoms with Crippen molar-refractivity contribution in [1.82, 2.24) is 4.90 Å². The first-order valence-electron chi connectivity index (χ1n) is 8.93. The van der Waals surface area contributed by atoms with Crippen molar-refractivity contribution in [2.45, 2.75) is 19.8 Å². The van der Waals surface area contributed by atoms with Gasteiger partial charge in [-0.25, -0.2) is 0 Å². The van der Waals surface area contributed by atoms with E-state index in [1.54, 1.807) is 36.4 Å². The van der Waals surface area contributed by atoms with Gasteiger partial charge >= 0.3 is 5.97 Å². The van der Waals surface area contributed by atoms with Crippen molar-refractivity contribution in [2.24, 2.45) is 0 Å². The second kappa shape index (κ2) is 8.47. The van der Waals surface area contributed by atoms with Crippen LogP contribution in [-0.2, 0) is 14.3 Å². The van der Waals surface area contributed by atoms with Gasteiger partial charge in [0.05, 0.1) is 11.1 Å². The number of nitrogens with one attached hydrogen (secondary N) is 1. The van der Waals surface area contributed by atoms with Gasteiger partial charge in [-0.05, 0) is 37.1 Å². The number of anilines is 1. The zero-order valence-electron chi connectivity index (χ0n) is 15.4. The Hall–Kier alpha value is -3.48. The van der Waals surface area contributed by atoms with Gasteiger partial charge in [-0.1, -0.05) is 30.3 Å². The van der Waals surface area contributed by atoms with E-state index in [9.17, 15) is 19.2 Å². The first-order valence-corrected chi connectivity index (χ1v) is 8.93. The summed E-state index contributed by atoms with van der Waals surface area (Å²) in [5, 5.41) is 2.67. The molecule has 0 fully saturated rings. The third-order valence-corrected chi connectivity index (χ3v) is 4.42. The molecule has 0 spiro atoms. The highest BCUT2D eigenvalue weighted by molar-refractivity contribution is 6.21. The van der Waals surface area contributed by atoms with Crippen molar-refractivity contribution >= 4 is 29.4 Å². The van der Waals surface area contributed by atoms with Crippen molar-refractivity contribution in [2.75, 3.05) is 18.5 Å². The van der Waals surface area contributed by atoms with Crippen LogP contribution < -0.4 is 5.32 Å². The zero-order chi connectivity index (χ0) is 20.1. The summed E-state index contributed by atoms with van der Waals surface area (Å²) in [5.74, 6) is -1.70. The summed E-state index contributed by atoms with van der Waals surface area (Å²) in [7, 11) is 0. The quantitative estimate of drug-likeness (QED) is 0.589. The number of carbonyl (C=O) groups excluding carboxylic acids is 4. The van der Waals surface area contributed by atoms with Crippen molar-refractivity contribution in [3.8, 4) is 0 Å². The molecule has 0 radical (unpaired) electrons. The molecule has 2 aromatic rings. The van der Waals surface area contributed by atoms with Crippen LogP contribution >= 0.6 is 0 Å². The molecule has 3 amide bonds. The number of nitrogens with zero attached hydrogens (tertiary/aromatic N) is 1. The monoisotopic (exact) mass is 380 g/mol. The summed E-state index contributed by atoms with van der Waals surface area (Å²) in [6.07, 6.45) is 0.273. The average Bonchev–Trinajstić information content (AvgIpc) is 2.93. The maximum Gasteiger partial charge on any atom is 0.306 e. The number of hydrogen-bond donors (Lipinski definition) is 1. The molecular formula is C21H20N2O5. The van der Waals surface area contributed by atoms with Crippen LogP contribution in [0.25, 0.3) is 0 Å². The molecule has 1 N–H and O–H groups in total. The predicted molar refractivity (Wildman–Crippen MR) is 102 cm³/mol. The first kappa shape index (κ1) is 19.3. The van der Waals surface area contributed by atoms with Crippen molar-refractivity contribution < 1.29 is 23.9 Å². The van der Waals surface area contributed by atoms with E-state index in [1.165, 1.54) is 0 Å². The summed E-state index contributed by atoms with van der Waals surface area (Å²) < 4.78 is 4.96. The highest BCUT2D eigenvalue weighted by atomic mass is 16.5. The molecule has 1 heterocycles. The maximum atomic E-state index is 12.2. The molecule has 0 saturated heterocycles.